The summed E-state index contributed by atoms with van der Waals surface area (Å²) < 4.78 is 26.7. The van der Waals surface area contributed by atoms with E-state index in [4.69, 9.17) is 28.3 Å². The summed E-state index contributed by atoms with van der Waals surface area (Å²) in [6.07, 6.45) is 0. The van der Waals surface area contributed by atoms with Crippen LogP contribution in [-0.4, -0.2) is 24.6 Å². The van der Waals surface area contributed by atoms with Gasteiger partial charge in [0, 0.05) is 5.69 Å². The Hall–Kier alpha value is -1.48. The van der Waals surface area contributed by atoms with Crippen LogP contribution < -0.4 is 4.72 Å². The van der Waals surface area contributed by atoms with E-state index in [0.29, 0.717) is 0 Å². The van der Waals surface area contributed by atoms with E-state index >= 15 is 0 Å². The second-order valence-electron chi connectivity index (χ2n) is 3.83. The van der Waals surface area contributed by atoms with Crippen LogP contribution in [0.25, 0.3) is 0 Å². The average molecular weight is 368 g/mol. The smallest absolute Gasteiger partial charge is 0.339 e. The van der Waals surface area contributed by atoms with Gasteiger partial charge in [-0.25, -0.2) is 13.2 Å². The maximum atomic E-state index is 12.1. The van der Waals surface area contributed by atoms with Gasteiger partial charge in [-0.05, 0) is 24.3 Å². The molecule has 0 atom stereocenters. The van der Waals surface area contributed by atoms with Crippen molar-refractivity contribution in [1.82, 2.24) is 0 Å². The van der Waals surface area contributed by atoms with Gasteiger partial charge in [-0.15, -0.1) is 11.3 Å². The number of nitrogens with one attached hydrogen (secondary N) is 1. The Morgan fingerprint density at radius 2 is 1.90 bits per heavy atom. The molecule has 10 heteroatoms. The van der Waals surface area contributed by atoms with Crippen molar-refractivity contribution in [3.8, 4) is 5.75 Å². The predicted molar refractivity (Wildman–Crippen MR) is 80.2 cm³/mol. The number of hydrogen-bond donors (Lipinski definition) is 3. The van der Waals surface area contributed by atoms with Gasteiger partial charge in [0.05, 0.1) is 4.34 Å². The molecule has 21 heavy (non-hydrogen) atoms. The van der Waals surface area contributed by atoms with Gasteiger partial charge in [0.25, 0.3) is 10.0 Å². The van der Waals surface area contributed by atoms with Crippen molar-refractivity contribution in [2.24, 2.45) is 0 Å². The fourth-order valence-electron chi connectivity index (χ4n) is 1.49. The van der Waals surface area contributed by atoms with Crippen LogP contribution in [0.15, 0.2) is 29.2 Å². The third-order valence-corrected chi connectivity index (χ3v) is 5.53. The van der Waals surface area contributed by atoms with Gasteiger partial charge in [-0.3, -0.25) is 4.72 Å². The molecule has 0 amide bonds. The zero-order chi connectivity index (χ0) is 15.8. The highest BCUT2D eigenvalue weighted by Gasteiger charge is 2.22. The molecule has 0 radical (unpaired) electrons. The number of rotatable bonds is 4. The highest BCUT2D eigenvalue weighted by atomic mass is 35.5. The quantitative estimate of drug-likeness (QED) is 0.719. The lowest BCUT2D eigenvalue weighted by Gasteiger charge is -2.08. The maximum absolute atomic E-state index is 12.1. The number of anilines is 1. The molecule has 0 spiro atoms. The molecule has 6 nitrogen and oxygen atoms in total. The lowest BCUT2D eigenvalue weighted by Crippen LogP contribution is -2.13. The third kappa shape index (κ3) is 3.41. The van der Waals surface area contributed by atoms with Crippen LogP contribution in [0.5, 0.6) is 5.75 Å². The molecule has 0 fully saturated rings. The standard InChI is InChI=1S/C11H7Cl2NO5S2/c12-9-4-8(10(13)20-9)21(18,19)14-5-1-2-7(15)6(3-5)11(16)17/h1-4,14-15H,(H,16,17). The number of sulfonamides is 1. The number of carbonyl (C=O) groups is 1. The molecule has 3 N–H and O–H groups in total. The summed E-state index contributed by atoms with van der Waals surface area (Å²) in [6.45, 7) is 0. The van der Waals surface area contributed by atoms with Gasteiger partial charge in [0.15, 0.2) is 0 Å². The molecule has 0 aliphatic heterocycles. The van der Waals surface area contributed by atoms with Crippen molar-refractivity contribution >= 4 is 56.2 Å². The van der Waals surface area contributed by atoms with Crippen LogP contribution in [-0.2, 0) is 10.0 Å². The van der Waals surface area contributed by atoms with E-state index in [1.807, 2.05) is 0 Å². The van der Waals surface area contributed by atoms with Crippen molar-refractivity contribution in [3.63, 3.8) is 0 Å². The number of phenols is 1. The van der Waals surface area contributed by atoms with E-state index in [1.54, 1.807) is 0 Å². The van der Waals surface area contributed by atoms with Gasteiger partial charge >= 0.3 is 5.97 Å². The zero-order valence-electron chi connectivity index (χ0n) is 10.0. The number of carboxylic acids is 1. The molecule has 0 unspecified atom stereocenters. The Bertz CT molecular complexity index is 816. The monoisotopic (exact) mass is 367 g/mol. The van der Waals surface area contributed by atoms with Gasteiger partial charge in [-0.1, -0.05) is 23.2 Å². The fourth-order valence-corrected chi connectivity index (χ4v) is 4.69. The average Bonchev–Trinajstić information content (AvgIpc) is 2.71. The molecular weight excluding hydrogens is 361 g/mol. The largest absolute Gasteiger partial charge is 0.507 e. The molecule has 0 aliphatic carbocycles. The molecule has 1 aromatic heterocycles. The maximum Gasteiger partial charge on any atom is 0.339 e. The summed E-state index contributed by atoms with van der Waals surface area (Å²) in [5, 5.41) is 18.3. The number of aromatic hydroxyl groups is 1. The van der Waals surface area contributed by atoms with Crippen molar-refractivity contribution < 1.29 is 23.4 Å². The first-order chi connectivity index (χ1) is 9.70. The minimum absolute atomic E-state index is 0.00950. The molecule has 0 aliphatic rings. The molecule has 1 aromatic carbocycles. The van der Waals surface area contributed by atoms with E-state index in [-0.39, 0.29) is 19.3 Å². The van der Waals surface area contributed by atoms with Crippen LogP contribution in [0.1, 0.15) is 10.4 Å². The summed E-state index contributed by atoms with van der Waals surface area (Å²) in [5.41, 5.74) is -0.451. The van der Waals surface area contributed by atoms with E-state index in [0.717, 1.165) is 23.5 Å². The minimum Gasteiger partial charge on any atom is -0.507 e. The Morgan fingerprint density at radius 1 is 1.24 bits per heavy atom. The lowest BCUT2D eigenvalue weighted by atomic mass is 10.2. The van der Waals surface area contributed by atoms with Gasteiger partial charge in [-0.2, -0.15) is 0 Å². The Kier molecular flexibility index (Phi) is 4.33. The van der Waals surface area contributed by atoms with E-state index < -0.39 is 27.3 Å². The Labute approximate surface area is 133 Å². The summed E-state index contributed by atoms with van der Waals surface area (Å²) in [5.74, 6) is -1.85. The Balaban J connectivity index is 2.40. The first-order valence-electron chi connectivity index (χ1n) is 5.24. The number of hydrogen-bond acceptors (Lipinski definition) is 5. The topological polar surface area (TPSA) is 104 Å². The number of halogens is 2. The molecule has 2 rings (SSSR count). The van der Waals surface area contributed by atoms with E-state index in [2.05, 4.69) is 4.72 Å². The van der Waals surface area contributed by atoms with Gasteiger partial charge in [0.1, 0.15) is 20.5 Å². The first kappa shape index (κ1) is 15.9. The first-order valence-corrected chi connectivity index (χ1v) is 8.30. The highest BCUT2D eigenvalue weighted by Crippen LogP contribution is 2.35. The fraction of sp³-hybridized carbons (Fsp3) is 0. The number of thiophene rings is 1. The predicted octanol–water partition coefficient (Wildman–Crippen LogP) is 3.26. The second kappa shape index (κ2) is 5.72. The number of aromatic carboxylic acids is 1. The third-order valence-electron chi connectivity index (χ3n) is 2.39. The molecule has 0 saturated heterocycles. The number of carboxylic acid groups (broad SMARTS) is 1. The minimum atomic E-state index is -4.01. The number of benzene rings is 1. The summed E-state index contributed by atoms with van der Waals surface area (Å²) in [6, 6.07) is 4.48. The Morgan fingerprint density at radius 3 is 2.43 bits per heavy atom. The highest BCUT2D eigenvalue weighted by molar-refractivity contribution is 7.93. The normalized spacial score (nSPS) is 11.3. The summed E-state index contributed by atoms with van der Waals surface area (Å²) in [7, 11) is -4.01. The van der Waals surface area contributed by atoms with Gasteiger partial charge in [0.2, 0.25) is 0 Å². The van der Waals surface area contributed by atoms with Crippen LogP contribution in [0.3, 0.4) is 0 Å². The van der Waals surface area contributed by atoms with Crippen LogP contribution in [0.2, 0.25) is 8.67 Å². The lowest BCUT2D eigenvalue weighted by molar-refractivity contribution is 0.0694. The van der Waals surface area contributed by atoms with Crippen LogP contribution in [0.4, 0.5) is 5.69 Å². The molecule has 112 valence electrons. The summed E-state index contributed by atoms with van der Waals surface area (Å²) in [4.78, 5) is 10.7. The molecule has 2 aromatic rings. The summed E-state index contributed by atoms with van der Waals surface area (Å²) >= 11 is 12.4. The second-order valence-corrected chi connectivity index (χ2v) is 7.77. The van der Waals surface area contributed by atoms with Crippen molar-refractivity contribution in [1.29, 1.82) is 0 Å². The van der Waals surface area contributed by atoms with Crippen LogP contribution >= 0.6 is 34.5 Å². The van der Waals surface area contributed by atoms with Gasteiger partial charge < -0.3 is 10.2 Å². The SMILES string of the molecule is O=C(O)c1cc(NS(=O)(=O)c2cc(Cl)sc2Cl)ccc1O. The van der Waals surface area contributed by atoms with E-state index in [9.17, 15) is 18.3 Å². The van der Waals surface area contributed by atoms with Crippen molar-refractivity contribution in [2.75, 3.05) is 4.72 Å². The zero-order valence-corrected chi connectivity index (χ0v) is 13.1. The van der Waals surface area contributed by atoms with Crippen LogP contribution in [0, 0.1) is 0 Å². The van der Waals surface area contributed by atoms with Crippen molar-refractivity contribution in [3.05, 3.63) is 38.5 Å². The molecular formula is C11H7Cl2NO5S2. The molecule has 1 heterocycles. The molecule has 0 bridgehead atoms. The van der Waals surface area contributed by atoms with Crippen molar-refractivity contribution in [2.45, 2.75) is 4.90 Å². The van der Waals surface area contributed by atoms with E-state index in [1.165, 1.54) is 12.1 Å². The molecule has 0 saturated carbocycles.